The summed E-state index contributed by atoms with van der Waals surface area (Å²) in [7, 11) is 1.87. The van der Waals surface area contributed by atoms with Gasteiger partial charge >= 0.3 is 0 Å². The molecule has 0 saturated carbocycles. The van der Waals surface area contributed by atoms with Crippen molar-refractivity contribution in [3.63, 3.8) is 0 Å². The van der Waals surface area contributed by atoms with Gasteiger partial charge in [-0.1, -0.05) is 32.9 Å². The van der Waals surface area contributed by atoms with Crippen molar-refractivity contribution in [2.45, 2.75) is 41.5 Å². The van der Waals surface area contributed by atoms with Gasteiger partial charge in [-0.3, -0.25) is 0 Å². The van der Waals surface area contributed by atoms with Gasteiger partial charge in [-0.25, -0.2) is 0 Å². The molecule has 1 N–H and O–H groups in total. The Morgan fingerprint density at radius 3 is 1.67 bits per heavy atom. The average Bonchev–Trinajstić information content (AvgIpc) is 2.21. The SMILES string of the molecule is CC.CC.CCN(C)/C(C)=N\O. The first kappa shape index (κ1) is 17.4. The van der Waals surface area contributed by atoms with Crippen LogP contribution in [-0.2, 0) is 0 Å². The molecule has 0 heterocycles. The van der Waals surface area contributed by atoms with Gasteiger partial charge in [-0.2, -0.15) is 0 Å². The van der Waals surface area contributed by atoms with Crippen molar-refractivity contribution in [2.75, 3.05) is 13.6 Å². The molecule has 3 heteroatoms. The molecule has 0 fully saturated rings. The number of hydrogen-bond acceptors (Lipinski definition) is 2. The molecule has 0 aliphatic carbocycles. The van der Waals surface area contributed by atoms with Gasteiger partial charge in [0.15, 0.2) is 0 Å². The lowest BCUT2D eigenvalue weighted by molar-refractivity contribution is 0.306. The smallest absolute Gasteiger partial charge is 0.140 e. The van der Waals surface area contributed by atoms with E-state index in [0.29, 0.717) is 5.84 Å². The van der Waals surface area contributed by atoms with E-state index in [0.717, 1.165) is 6.54 Å². The number of amidine groups is 1. The third-order valence-corrected chi connectivity index (χ3v) is 1.17. The van der Waals surface area contributed by atoms with E-state index >= 15 is 0 Å². The fourth-order valence-electron chi connectivity index (χ4n) is 0.305. The first-order chi connectivity index (χ1) is 5.72. The van der Waals surface area contributed by atoms with Gasteiger partial charge in [0, 0.05) is 13.6 Å². The van der Waals surface area contributed by atoms with Crippen LogP contribution in [0.3, 0.4) is 0 Å². The van der Waals surface area contributed by atoms with E-state index < -0.39 is 0 Å². The maximum atomic E-state index is 8.18. The summed E-state index contributed by atoms with van der Waals surface area (Å²) in [5.41, 5.74) is 0. The second-order valence-electron chi connectivity index (χ2n) is 1.66. The zero-order valence-electron chi connectivity index (χ0n) is 9.55. The molecular formula is C9H24N2O. The summed E-state index contributed by atoms with van der Waals surface area (Å²) in [4.78, 5) is 1.85. The topological polar surface area (TPSA) is 35.8 Å². The Hall–Kier alpha value is -0.730. The van der Waals surface area contributed by atoms with Crippen molar-refractivity contribution in [1.82, 2.24) is 4.90 Å². The van der Waals surface area contributed by atoms with Crippen LogP contribution >= 0.6 is 0 Å². The van der Waals surface area contributed by atoms with Crippen LogP contribution in [-0.4, -0.2) is 29.5 Å². The molecule has 0 atom stereocenters. The highest BCUT2D eigenvalue weighted by molar-refractivity contribution is 5.78. The molecule has 0 spiro atoms. The van der Waals surface area contributed by atoms with Crippen molar-refractivity contribution in [1.29, 1.82) is 0 Å². The van der Waals surface area contributed by atoms with Crippen LogP contribution in [0.2, 0.25) is 0 Å². The van der Waals surface area contributed by atoms with E-state index in [9.17, 15) is 0 Å². The maximum absolute atomic E-state index is 8.18. The lowest BCUT2D eigenvalue weighted by Gasteiger charge is -2.12. The van der Waals surface area contributed by atoms with Crippen LogP contribution in [0.5, 0.6) is 0 Å². The largest absolute Gasteiger partial charge is 0.409 e. The predicted octanol–water partition coefficient (Wildman–Crippen LogP) is 2.80. The summed E-state index contributed by atoms with van der Waals surface area (Å²) in [5.74, 6) is 0.646. The number of rotatable bonds is 1. The fraction of sp³-hybridized carbons (Fsp3) is 0.889. The van der Waals surface area contributed by atoms with Crippen LogP contribution in [0.15, 0.2) is 5.16 Å². The summed E-state index contributed by atoms with van der Waals surface area (Å²) in [6, 6.07) is 0. The average molecular weight is 176 g/mol. The highest BCUT2D eigenvalue weighted by Crippen LogP contribution is 1.82. The van der Waals surface area contributed by atoms with Crippen molar-refractivity contribution in [2.24, 2.45) is 5.16 Å². The van der Waals surface area contributed by atoms with E-state index in [-0.39, 0.29) is 0 Å². The Bertz CT molecular complexity index is 92.5. The van der Waals surface area contributed by atoms with Gasteiger partial charge in [0.2, 0.25) is 0 Å². The predicted molar refractivity (Wildman–Crippen MR) is 55.9 cm³/mol. The van der Waals surface area contributed by atoms with Gasteiger partial charge < -0.3 is 10.1 Å². The third kappa shape index (κ3) is 12.0. The molecule has 0 saturated heterocycles. The highest BCUT2D eigenvalue weighted by Gasteiger charge is 1.93. The third-order valence-electron chi connectivity index (χ3n) is 1.17. The minimum Gasteiger partial charge on any atom is -0.409 e. The Morgan fingerprint density at radius 2 is 1.58 bits per heavy atom. The minimum absolute atomic E-state index is 0.646. The van der Waals surface area contributed by atoms with Gasteiger partial charge in [0.1, 0.15) is 5.84 Å². The van der Waals surface area contributed by atoms with E-state index in [1.165, 1.54) is 0 Å². The molecule has 76 valence electrons. The lowest BCUT2D eigenvalue weighted by Crippen LogP contribution is -2.23. The zero-order chi connectivity index (χ0) is 10.6. The highest BCUT2D eigenvalue weighted by atomic mass is 16.4. The van der Waals surface area contributed by atoms with E-state index in [1.807, 2.05) is 46.6 Å². The van der Waals surface area contributed by atoms with Gasteiger partial charge in [-0.05, 0) is 13.8 Å². The van der Waals surface area contributed by atoms with Crippen LogP contribution in [0, 0.1) is 0 Å². The Labute approximate surface area is 77.1 Å². The number of oxime groups is 1. The Morgan fingerprint density at radius 1 is 1.25 bits per heavy atom. The summed E-state index contributed by atoms with van der Waals surface area (Å²) in [6.45, 7) is 12.6. The molecule has 0 aromatic rings. The number of hydrogen-bond donors (Lipinski definition) is 1. The fourth-order valence-corrected chi connectivity index (χ4v) is 0.305. The molecule has 3 nitrogen and oxygen atoms in total. The maximum Gasteiger partial charge on any atom is 0.140 e. The summed E-state index contributed by atoms with van der Waals surface area (Å²) in [6.07, 6.45) is 0. The number of nitrogens with zero attached hydrogens (tertiary/aromatic N) is 2. The summed E-state index contributed by atoms with van der Waals surface area (Å²) in [5, 5.41) is 11.2. The molecule has 0 unspecified atom stereocenters. The zero-order valence-corrected chi connectivity index (χ0v) is 9.55. The molecule has 12 heavy (non-hydrogen) atoms. The molecule has 0 aromatic carbocycles. The lowest BCUT2D eigenvalue weighted by atomic mass is 10.5. The first-order valence-electron chi connectivity index (χ1n) is 4.62. The van der Waals surface area contributed by atoms with Gasteiger partial charge in [0.05, 0.1) is 0 Å². The van der Waals surface area contributed by atoms with E-state index in [4.69, 9.17) is 5.21 Å². The van der Waals surface area contributed by atoms with Crippen molar-refractivity contribution < 1.29 is 5.21 Å². The molecule has 0 aromatic heterocycles. The second-order valence-corrected chi connectivity index (χ2v) is 1.66. The molecular weight excluding hydrogens is 152 g/mol. The molecule has 0 radical (unpaired) electrons. The summed E-state index contributed by atoms with van der Waals surface area (Å²) < 4.78 is 0. The van der Waals surface area contributed by atoms with Gasteiger partial charge in [-0.15, -0.1) is 0 Å². The van der Waals surface area contributed by atoms with Crippen LogP contribution in [0.1, 0.15) is 41.5 Å². The Kier molecular flexibility index (Phi) is 24.2. The van der Waals surface area contributed by atoms with Crippen molar-refractivity contribution >= 4 is 5.84 Å². The quantitative estimate of drug-likeness (QED) is 0.288. The molecule has 0 bridgehead atoms. The van der Waals surface area contributed by atoms with E-state index in [1.54, 1.807) is 6.92 Å². The molecule has 0 amide bonds. The van der Waals surface area contributed by atoms with Crippen molar-refractivity contribution in [3.8, 4) is 0 Å². The molecule has 0 aliphatic rings. The van der Waals surface area contributed by atoms with Crippen molar-refractivity contribution in [3.05, 3.63) is 0 Å². The first-order valence-corrected chi connectivity index (χ1v) is 4.62. The normalized spacial score (nSPS) is 8.75. The second kappa shape index (κ2) is 16.7. The minimum atomic E-state index is 0.646. The van der Waals surface area contributed by atoms with E-state index in [2.05, 4.69) is 5.16 Å². The van der Waals surface area contributed by atoms with Crippen LogP contribution in [0.4, 0.5) is 0 Å². The standard InChI is InChI=1S/C5H12N2O.2C2H6/c1-4-7(3)5(2)6-8;2*1-2/h8H,4H2,1-3H3;2*1-2H3/b6-5-;;. The summed E-state index contributed by atoms with van der Waals surface area (Å²) >= 11 is 0. The molecule has 0 aliphatic heterocycles. The molecule has 0 rings (SSSR count). The van der Waals surface area contributed by atoms with Gasteiger partial charge in [0.25, 0.3) is 0 Å². The van der Waals surface area contributed by atoms with Crippen LogP contribution in [0.25, 0.3) is 0 Å². The van der Waals surface area contributed by atoms with Crippen LogP contribution < -0.4 is 0 Å². The Balaban J connectivity index is -0.000000175. The monoisotopic (exact) mass is 176 g/mol.